The van der Waals surface area contributed by atoms with Gasteiger partial charge in [-0.3, -0.25) is 0 Å². The van der Waals surface area contributed by atoms with Crippen molar-refractivity contribution in [3.05, 3.63) is 71.8 Å². The van der Waals surface area contributed by atoms with Crippen molar-refractivity contribution in [2.45, 2.75) is 43.9 Å². The Hall–Kier alpha value is -1.80. The molecule has 6 heteroatoms. The third-order valence-corrected chi connectivity index (χ3v) is 4.36. The molecule has 0 aromatic heterocycles. The first-order valence-electron chi connectivity index (χ1n) is 8.62. The predicted molar refractivity (Wildman–Crippen MR) is 94.0 cm³/mol. The zero-order chi connectivity index (χ0) is 18.4. The van der Waals surface area contributed by atoms with E-state index in [1.165, 1.54) is 0 Å². The number of aliphatic hydroxyl groups excluding tert-OH is 3. The molecule has 5 atom stereocenters. The summed E-state index contributed by atoms with van der Waals surface area (Å²) in [7, 11) is 0. The van der Waals surface area contributed by atoms with Gasteiger partial charge >= 0.3 is 0 Å². The van der Waals surface area contributed by atoms with Crippen LogP contribution < -0.4 is 0 Å². The van der Waals surface area contributed by atoms with Crippen molar-refractivity contribution in [2.75, 3.05) is 6.61 Å². The minimum atomic E-state index is -1.24. The zero-order valence-electron chi connectivity index (χ0n) is 14.3. The van der Waals surface area contributed by atoms with Crippen LogP contribution in [0.1, 0.15) is 11.1 Å². The number of benzene rings is 2. The number of ether oxygens (including phenoxy) is 3. The van der Waals surface area contributed by atoms with Gasteiger partial charge in [-0.1, -0.05) is 60.7 Å². The van der Waals surface area contributed by atoms with E-state index in [0.29, 0.717) is 0 Å². The topological polar surface area (TPSA) is 88.4 Å². The summed E-state index contributed by atoms with van der Waals surface area (Å²) in [5.41, 5.74) is 1.90. The molecule has 0 amide bonds. The normalized spacial score (nSPS) is 26.7. The minimum absolute atomic E-state index is 0.277. The lowest BCUT2D eigenvalue weighted by Crippen LogP contribution is -2.43. The van der Waals surface area contributed by atoms with Gasteiger partial charge in [-0.2, -0.15) is 0 Å². The molecular weight excluding hydrogens is 336 g/mol. The van der Waals surface area contributed by atoms with E-state index in [1.807, 2.05) is 60.7 Å². The average molecular weight is 360 g/mol. The van der Waals surface area contributed by atoms with Crippen LogP contribution in [0.2, 0.25) is 0 Å². The van der Waals surface area contributed by atoms with Crippen LogP contribution in [0.5, 0.6) is 0 Å². The van der Waals surface area contributed by atoms with E-state index in [9.17, 15) is 15.3 Å². The lowest BCUT2D eigenvalue weighted by molar-refractivity contribution is -0.160. The smallest absolute Gasteiger partial charge is 0.184 e. The van der Waals surface area contributed by atoms with E-state index in [0.717, 1.165) is 11.1 Å². The highest BCUT2D eigenvalue weighted by Crippen LogP contribution is 2.29. The summed E-state index contributed by atoms with van der Waals surface area (Å²) in [6.45, 7) is 0.0640. The summed E-state index contributed by atoms with van der Waals surface area (Å²) in [6.07, 6.45) is -4.78. The van der Waals surface area contributed by atoms with E-state index >= 15 is 0 Å². The summed E-state index contributed by atoms with van der Waals surface area (Å²) < 4.78 is 17.2. The molecule has 0 radical (unpaired) electrons. The Morgan fingerprint density at radius 2 is 1.35 bits per heavy atom. The third-order valence-electron chi connectivity index (χ3n) is 4.36. The first-order chi connectivity index (χ1) is 12.7. The van der Waals surface area contributed by atoms with Gasteiger partial charge in [-0.25, -0.2) is 0 Å². The predicted octanol–water partition coefficient (Wildman–Crippen LogP) is 1.23. The molecule has 26 heavy (non-hydrogen) atoms. The summed E-state index contributed by atoms with van der Waals surface area (Å²) in [5.74, 6) is 0. The van der Waals surface area contributed by atoms with E-state index in [1.54, 1.807) is 0 Å². The van der Waals surface area contributed by atoms with E-state index in [2.05, 4.69) is 0 Å². The standard InChI is InChI=1S/C20H24O6/c21-11-16(22)17-18(24-12-14-7-3-1-4-8-14)19(20(23)26-17)25-13-15-9-5-2-6-10-15/h1-10,16-23H,11-13H2/t16-,17+,18+,19-,20+/m1/s1. The molecule has 2 aromatic carbocycles. The number of rotatable bonds is 8. The van der Waals surface area contributed by atoms with Crippen LogP contribution in [0.3, 0.4) is 0 Å². The molecule has 3 rings (SSSR count). The molecule has 0 bridgehead atoms. The quantitative estimate of drug-likeness (QED) is 0.656. The van der Waals surface area contributed by atoms with E-state index < -0.39 is 37.3 Å². The van der Waals surface area contributed by atoms with Crippen molar-refractivity contribution in [1.29, 1.82) is 0 Å². The Kier molecular flexibility index (Phi) is 6.73. The van der Waals surface area contributed by atoms with Crippen molar-refractivity contribution >= 4 is 0 Å². The second-order valence-electron chi connectivity index (χ2n) is 6.26. The van der Waals surface area contributed by atoms with Crippen molar-refractivity contribution in [3.63, 3.8) is 0 Å². The van der Waals surface area contributed by atoms with Gasteiger partial charge in [-0.05, 0) is 11.1 Å². The number of hydrogen-bond acceptors (Lipinski definition) is 6. The summed E-state index contributed by atoms with van der Waals surface area (Å²) in [6, 6.07) is 19.1. The van der Waals surface area contributed by atoms with Crippen LogP contribution in [0.15, 0.2) is 60.7 Å². The van der Waals surface area contributed by atoms with Gasteiger partial charge in [0, 0.05) is 0 Å². The van der Waals surface area contributed by atoms with Gasteiger partial charge in [-0.15, -0.1) is 0 Å². The molecule has 1 heterocycles. The van der Waals surface area contributed by atoms with Crippen molar-refractivity contribution < 1.29 is 29.5 Å². The van der Waals surface area contributed by atoms with Gasteiger partial charge < -0.3 is 29.5 Å². The average Bonchev–Trinajstić information content (AvgIpc) is 3.01. The molecule has 3 N–H and O–H groups in total. The highest BCUT2D eigenvalue weighted by Gasteiger charge is 2.48. The SMILES string of the molecule is OC[C@@H](O)[C@@H]1O[C@H](O)[C@H](OCc2ccccc2)[C@H]1OCc1ccccc1. The van der Waals surface area contributed by atoms with Gasteiger partial charge in [0.1, 0.15) is 24.4 Å². The van der Waals surface area contributed by atoms with Crippen LogP contribution >= 0.6 is 0 Å². The van der Waals surface area contributed by atoms with Gasteiger partial charge in [0.25, 0.3) is 0 Å². The Morgan fingerprint density at radius 3 is 1.85 bits per heavy atom. The molecule has 2 aromatic rings. The molecule has 0 aliphatic carbocycles. The second kappa shape index (κ2) is 9.23. The molecular formula is C20H24O6. The van der Waals surface area contributed by atoms with Gasteiger partial charge in [0.15, 0.2) is 6.29 Å². The molecule has 0 saturated carbocycles. The lowest BCUT2D eigenvalue weighted by Gasteiger charge is -2.25. The van der Waals surface area contributed by atoms with Crippen LogP contribution in [-0.4, -0.2) is 52.6 Å². The third kappa shape index (κ3) is 4.67. The Morgan fingerprint density at radius 1 is 0.846 bits per heavy atom. The number of aliphatic hydroxyl groups is 3. The summed E-state index contributed by atoms with van der Waals surface area (Å²) >= 11 is 0. The molecule has 0 spiro atoms. The van der Waals surface area contributed by atoms with E-state index in [4.69, 9.17) is 14.2 Å². The molecule has 1 saturated heterocycles. The molecule has 1 aliphatic rings. The van der Waals surface area contributed by atoms with E-state index in [-0.39, 0.29) is 13.2 Å². The maximum absolute atomic E-state index is 10.2. The molecule has 1 fully saturated rings. The fourth-order valence-corrected chi connectivity index (χ4v) is 2.98. The summed E-state index contributed by atoms with van der Waals surface area (Å²) in [4.78, 5) is 0. The fraction of sp³-hybridized carbons (Fsp3) is 0.400. The first-order valence-corrected chi connectivity index (χ1v) is 8.62. The molecule has 6 nitrogen and oxygen atoms in total. The van der Waals surface area contributed by atoms with Crippen LogP contribution in [0, 0.1) is 0 Å². The monoisotopic (exact) mass is 360 g/mol. The maximum atomic E-state index is 10.2. The second-order valence-corrected chi connectivity index (χ2v) is 6.26. The molecule has 1 aliphatic heterocycles. The maximum Gasteiger partial charge on any atom is 0.184 e. The lowest BCUT2D eigenvalue weighted by atomic mass is 10.1. The van der Waals surface area contributed by atoms with Crippen molar-refractivity contribution in [3.8, 4) is 0 Å². The number of hydrogen-bond donors (Lipinski definition) is 3. The summed E-state index contributed by atoms with van der Waals surface area (Å²) in [5, 5.41) is 29.5. The Balaban J connectivity index is 1.69. The Labute approximate surface area is 152 Å². The van der Waals surface area contributed by atoms with Gasteiger partial charge in [0.2, 0.25) is 0 Å². The first kappa shape index (κ1) is 19.0. The largest absolute Gasteiger partial charge is 0.394 e. The van der Waals surface area contributed by atoms with Gasteiger partial charge in [0.05, 0.1) is 19.8 Å². The fourth-order valence-electron chi connectivity index (χ4n) is 2.98. The highest BCUT2D eigenvalue weighted by atomic mass is 16.7. The van der Waals surface area contributed by atoms with Crippen LogP contribution in [0.25, 0.3) is 0 Å². The molecule has 140 valence electrons. The molecule has 0 unspecified atom stereocenters. The zero-order valence-corrected chi connectivity index (χ0v) is 14.3. The highest BCUT2D eigenvalue weighted by molar-refractivity contribution is 5.14. The van der Waals surface area contributed by atoms with Crippen molar-refractivity contribution in [2.24, 2.45) is 0 Å². The minimum Gasteiger partial charge on any atom is -0.394 e. The van der Waals surface area contributed by atoms with Crippen molar-refractivity contribution in [1.82, 2.24) is 0 Å². The Bertz CT molecular complexity index is 650. The van der Waals surface area contributed by atoms with Crippen LogP contribution in [-0.2, 0) is 27.4 Å². The van der Waals surface area contributed by atoms with Crippen LogP contribution in [0.4, 0.5) is 0 Å².